The van der Waals surface area contributed by atoms with Gasteiger partial charge in [-0.05, 0) is 90.9 Å². The van der Waals surface area contributed by atoms with Crippen LogP contribution in [-0.2, 0) is 4.79 Å². The lowest BCUT2D eigenvalue weighted by Gasteiger charge is -2.12. The number of nitrogens with one attached hydrogen (secondary N) is 2. The Bertz CT molecular complexity index is 1610. The molecule has 0 heterocycles. The topological polar surface area (TPSA) is 93.7 Å². The quantitative estimate of drug-likeness (QED) is 0.179. The number of carbonyl (C=O) groups excluding carboxylic acids is 3. The summed E-state index contributed by atoms with van der Waals surface area (Å²) in [6, 6.07) is 28.1. The Labute approximate surface area is 239 Å². The monoisotopic (exact) mass is 546 g/mol. The number of rotatable bonds is 10. The Morgan fingerprint density at radius 2 is 1.44 bits per heavy atom. The first-order chi connectivity index (χ1) is 19.9. The molecule has 7 heteroatoms. The molecule has 0 atom stereocenters. The number of allylic oxidation sites excluding steroid dienone is 1. The third-order valence-electron chi connectivity index (χ3n) is 6.30. The molecule has 0 unspecified atom stereocenters. The molecular weight excluding hydrogens is 516 g/mol. The van der Waals surface area contributed by atoms with Crippen molar-refractivity contribution in [3.8, 4) is 11.5 Å². The van der Waals surface area contributed by atoms with Gasteiger partial charge in [0.15, 0.2) is 5.78 Å². The lowest BCUT2D eigenvalue weighted by atomic mass is 10.1. The number of methoxy groups -OCH3 is 2. The molecule has 0 saturated carbocycles. The smallest absolute Gasteiger partial charge is 0.272 e. The summed E-state index contributed by atoms with van der Waals surface area (Å²) in [5.74, 6) is 0.140. The number of hydrogen-bond acceptors (Lipinski definition) is 5. The van der Waals surface area contributed by atoms with E-state index in [-0.39, 0.29) is 11.5 Å². The molecule has 2 amide bonds. The number of carbonyl (C=O) groups is 3. The maximum Gasteiger partial charge on any atom is 0.272 e. The molecule has 4 rings (SSSR count). The summed E-state index contributed by atoms with van der Waals surface area (Å²) in [5, 5.41) is 5.54. The number of hydrogen-bond donors (Lipinski definition) is 2. The molecule has 0 aliphatic heterocycles. The van der Waals surface area contributed by atoms with E-state index in [9.17, 15) is 14.4 Å². The normalized spacial score (nSPS) is 11.1. The van der Waals surface area contributed by atoms with Crippen LogP contribution in [0.1, 0.15) is 37.4 Å². The second kappa shape index (κ2) is 13.6. The highest BCUT2D eigenvalue weighted by molar-refractivity contribution is 6.11. The second-order valence-corrected chi connectivity index (χ2v) is 9.07. The summed E-state index contributed by atoms with van der Waals surface area (Å²) in [6.45, 7) is 1.93. The molecule has 0 spiro atoms. The van der Waals surface area contributed by atoms with Crippen molar-refractivity contribution in [3.05, 3.63) is 137 Å². The van der Waals surface area contributed by atoms with Gasteiger partial charge in [0, 0.05) is 22.4 Å². The fourth-order valence-corrected chi connectivity index (χ4v) is 3.99. The van der Waals surface area contributed by atoms with Crippen molar-refractivity contribution < 1.29 is 23.9 Å². The van der Waals surface area contributed by atoms with Crippen molar-refractivity contribution in [2.75, 3.05) is 19.5 Å². The fourth-order valence-electron chi connectivity index (χ4n) is 3.99. The van der Waals surface area contributed by atoms with Crippen LogP contribution in [0.3, 0.4) is 0 Å². The first kappa shape index (κ1) is 28.6. The summed E-state index contributed by atoms with van der Waals surface area (Å²) in [5.41, 5.74) is 3.88. The van der Waals surface area contributed by atoms with Gasteiger partial charge in [-0.3, -0.25) is 14.4 Å². The minimum atomic E-state index is -0.498. The van der Waals surface area contributed by atoms with Crippen molar-refractivity contribution in [3.63, 3.8) is 0 Å². The molecule has 0 aliphatic carbocycles. The first-order valence-electron chi connectivity index (χ1n) is 12.9. The van der Waals surface area contributed by atoms with Gasteiger partial charge in [0.25, 0.3) is 11.8 Å². The fraction of sp³-hybridized carbons (Fsp3) is 0.0882. The van der Waals surface area contributed by atoms with Gasteiger partial charge in [-0.15, -0.1) is 0 Å². The molecule has 41 heavy (non-hydrogen) atoms. The van der Waals surface area contributed by atoms with Gasteiger partial charge >= 0.3 is 0 Å². The van der Waals surface area contributed by atoms with Crippen LogP contribution in [0.2, 0.25) is 0 Å². The third kappa shape index (κ3) is 7.58. The van der Waals surface area contributed by atoms with E-state index in [0.717, 1.165) is 11.1 Å². The molecule has 4 aromatic carbocycles. The highest BCUT2D eigenvalue weighted by Crippen LogP contribution is 2.25. The molecule has 2 N–H and O–H groups in total. The Balaban J connectivity index is 1.50. The molecule has 0 aromatic heterocycles. The molecule has 0 saturated heterocycles. The summed E-state index contributed by atoms with van der Waals surface area (Å²) in [6.07, 6.45) is 4.76. The maximum absolute atomic E-state index is 13.3. The number of aryl methyl sites for hydroxylation is 1. The van der Waals surface area contributed by atoms with Crippen molar-refractivity contribution in [2.24, 2.45) is 0 Å². The first-order valence-corrected chi connectivity index (χ1v) is 12.9. The van der Waals surface area contributed by atoms with Crippen molar-refractivity contribution in [1.29, 1.82) is 0 Å². The third-order valence-corrected chi connectivity index (χ3v) is 6.30. The van der Waals surface area contributed by atoms with E-state index < -0.39 is 11.8 Å². The predicted octanol–water partition coefficient (Wildman–Crippen LogP) is 6.32. The van der Waals surface area contributed by atoms with Crippen LogP contribution in [0.5, 0.6) is 11.5 Å². The minimum Gasteiger partial charge on any atom is -0.497 e. The number of anilines is 1. The van der Waals surface area contributed by atoms with Gasteiger partial charge < -0.3 is 20.1 Å². The van der Waals surface area contributed by atoms with E-state index in [0.29, 0.717) is 33.9 Å². The molecule has 0 bridgehead atoms. The molecule has 0 aliphatic rings. The standard InChI is InChI=1S/C34H30N2O5/c1-23-9-7-8-12-26(23)22-30(36-33(38)25-10-5-4-6-11-25)34(39)35-28-16-13-24(14-17-28)31(37)19-15-27-21-29(40-2)18-20-32(27)41-3/h4-22H,1-3H3,(H,35,39)(H,36,38)/b19-15+,30-22-. The Kier molecular flexibility index (Phi) is 9.46. The van der Waals surface area contributed by atoms with Crippen molar-refractivity contribution in [2.45, 2.75) is 6.92 Å². The van der Waals surface area contributed by atoms with E-state index >= 15 is 0 Å². The number of ether oxygens (including phenoxy) is 2. The molecule has 0 radical (unpaired) electrons. The van der Waals surface area contributed by atoms with Gasteiger partial charge in [0.1, 0.15) is 17.2 Å². The molecule has 7 nitrogen and oxygen atoms in total. The van der Waals surface area contributed by atoms with E-state index in [2.05, 4.69) is 10.6 Å². The second-order valence-electron chi connectivity index (χ2n) is 9.07. The summed E-state index contributed by atoms with van der Waals surface area (Å²) in [4.78, 5) is 38.9. The van der Waals surface area contributed by atoms with E-state index in [1.165, 1.54) is 6.08 Å². The minimum absolute atomic E-state index is 0.0866. The lowest BCUT2D eigenvalue weighted by molar-refractivity contribution is -0.113. The lowest BCUT2D eigenvalue weighted by Crippen LogP contribution is -2.30. The van der Waals surface area contributed by atoms with Gasteiger partial charge in [0.2, 0.25) is 0 Å². The SMILES string of the molecule is COc1ccc(OC)c(/C=C/C(=O)c2ccc(NC(=O)/C(=C/c3ccccc3C)NC(=O)c3ccccc3)cc2)c1. The van der Waals surface area contributed by atoms with Gasteiger partial charge in [-0.1, -0.05) is 42.5 Å². The van der Waals surface area contributed by atoms with Gasteiger partial charge in [0.05, 0.1) is 14.2 Å². The highest BCUT2D eigenvalue weighted by atomic mass is 16.5. The predicted molar refractivity (Wildman–Crippen MR) is 161 cm³/mol. The van der Waals surface area contributed by atoms with E-state index in [4.69, 9.17) is 9.47 Å². The largest absolute Gasteiger partial charge is 0.497 e. The van der Waals surface area contributed by atoms with Crippen LogP contribution < -0.4 is 20.1 Å². The van der Waals surface area contributed by atoms with Crippen LogP contribution in [0.25, 0.3) is 12.2 Å². The zero-order valence-corrected chi connectivity index (χ0v) is 23.0. The Morgan fingerprint density at radius 3 is 2.12 bits per heavy atom. The van der Waals surface area contributed by atoms with Crippen LogP contribution in [0.15, 0.2) is 109 Å². The Morgan fingerprint density at radius 1 is 0.732 bits per heavy atom. The van der Waals surface area contributed by atoms with Crippen molar-refractivity contribution >= 4 is 35.4 Å². The molecule has 0 fully saturated rings. The summed E-state index contributed by atoms with van der Waals surface area (Å²) in [7, 11) is 3.13. The molecule has 206 valence electrons. The van der Waals surface area contributed by atoms with Crippen molar-refractivity contribution in [1.82, 2.24) is 5.32 Å². The number of benzene rings is 4. The number of amides is 2. The van der Waals surface area contributed by atoms with E-state index in [1.54, 1.807) is 93.1 Å². The van der Waals surface area contributed by atoms with Crippen LogP contribution in [0.4, 0.5) is 5.69 Å². The molecule has 4 aromatic rings. The van der Waals surface area contributed by atoms with E-state index in [1.807, 2.05) is 37.3 Å². The average Bonchev–Trinajstić information content (AvgIpc) is 3.01. The summed E-state index contributed by atoms with van der Waals surface area (Å²) < 4.78 is 10.6. The van der Waals surface area contributed by atoms with Crippen LogP contribution >= 0.6 is 0 Å². The number of ketones is 1. The van der Waals surface area contributed by atoms with Crippen LogP contribution in [0, 0.1) is 6.92 Å². The zero-order chi connectivity index (χ0) is 29.2. The maximum atomic E-state index is 13.3. The summed E-state index contributed by atoms with van der Waals surface area (Å²) >= 11 is 0. The average molecular weight is 547 g/mol. The zero-order valence-electron chi connectivity index (χ0n) is 23.0. The Hall–Kier alpha value is -5.43. The molecular formula is C34H30N2O5. The van der Waals surface area contributed by atoms with Gasteiger partial charge in [-0.25, -0.2) is 0 Å². The highest BCUT2D eigenvalue weighted by Gasteiger charge is 2.16. The van der Waals surface area contributed by atoms with Crippen LogP contribution in [-0.4, -0.2) is 31.8 Å². The van der Waals surface area contributed by atoms with Gasteiger partial charge in [-0.2, -0.15) is 0 Å².